The summed E-state index contributed by atoms with van der Waals surface area (Å²) >= 11 is 0. The minimum atomic E-state index is -3.92. The lowest BCUT2D eigenvalue weighted by atomic mass is 9.85. The second-order valence-electron chi connectivity index (χ2n) is 8.80. The first-order valence-corrected chi connectivity index (χ1v) is 12.6. The van der Waals surface area contributed by atoms with Crippen molar-refractivity contribution in [3.63, 3.8) is 0 Å². The van der Waals surface area contributed by atoms with Crippen molar-refractivity contribution >= 4 is 38.3 Å². The fraction of sp³-hybridized carbons (Fsp3) is 0.391. The van der Waals surface area contributed by atoms with Crippen LogP contribution in [-0.4, -0.2) is 40.3 Å². The summed E-state index contributed by atoms with van der Waals surface area (Å²) in [6, 6.07) is 9.47. The molecular weight excluding hydrogens is 458 g/mol. The van der Waals surface area contributed by atoms with Crippen LogP contribution < -0.4 is 10.6 Å². The first kappa shape index (κ1) is 23.7. The number of hydrogen-bond acceptors (Lipinski definition) is 7. The van der Waals surface area contributed by atoms with Crippen molar-refractivity contribution in [3.05, 3.63) is 58.9 Å². The Balaban J connectivity index is 1.63. The molecule has 11 heteroatoms. The molecule has 1 aliphatic rings. The van der Waals surface area contributed by atoms with Crippen LogP contribution in [0, 0.1) is 16.0 Å². The molecular formula is C23H27N5O5S. The summed E-state index contributed by atoms with van der Waals surface area (Å²) in [6.45, 7) is 3.84. The van der Waals surface area contributed by atoms with Gasteiger partial charge in [-0.05, 0) is 57.7 Å². The van der Waals surface area contributed by atoms with E-state index in [1.165, 1.54) is 24.4 Å². The summed E-state index contributed by atoms with van der Waals surface area (Å²) in [5.41, 5.74) is 0.135. The average Bonchev–Trinajstić information content (AvgIpc) is 3.25. The molecule has 2 N–H and O–H groups in total. The predicted octanol–water partition coefficient (Wildman–Crippen LogP) is 3.68. The molecule has 180 valence electrons. The Hall–Kier alpha value is -3.47. The molecule has 0 saturated heterocycles. The molecule has 4 rings (SSSR count). The van der Waals surface area contributed by atoms with Gasteiger partial charge in [0.2, 0.25) is 5.91 Å². The fourth-order valence-corrected chi connectivity index (χ4v) is 5.67. The highest BCUT2D eigenvalue weighted by Crippen LogP contribution is 2.36. The van der Waals surface area contributed by atoms with Gasteiger partial charge in [-0.3, -0.25) is 14.9 Å². The number of rotatable bonds is 7. The minimum Gasteiger partial charge on any atom is -0.376 e. The number of hydrogen-bond donors (Lipinski definition) is 2. The third kappa shape index (κ3) is 4.60. The lowest BCUT2D eigenvalue weighted by molar-refractivity contribution is -0.384. The van der Waals surface area contributed by atoms with E-state index >= 15 is 0 Å². The topological polar surface area (TPSA) is 136 Å². The van der Waals surface area contributed by atoms with Gasteiger partial charge in [-0.25, -0.2) is 17.4 Å². The summed E-state index contributed by atoms with van der Waals surface area (Å²) in [6.07, 6.45) is 5.12. The van der Waals surface area contributed by atoms with Gasteiger partial charge in [-0.1, -0.05) is 18.2 Å². The van der Waals surface area contributed by atoms with Gasteiger partial charge in [0.05, 0.1) is 15.2 Å². The largest absolute Gasteiger partial charge is 0.376 e. The number of nitro groups is 1. The third-order valence-corrected chi connectivity index (χ3v) is 7.72. The summed E-state index contributed by atoms with van der Waals surface area (Å²) < 4.78 is 27.3. The van der Waals surface area contributed by atoms with Crippen LogP contribution in [0.2, 0.25) is 0 Å². The van der Waals surface area contributed by atoms with Crippen molar-refractivity contribution in [1.29, 1.82) is 0 Å². The molecule has 0 radical (unpaired) electrons. The van der Waals surface area contributed by atoms with E-state index in [-0.39, 0.29) is 45.8 Å². The third-order valence-electron chi connectivity index (χ3n) is 6.03. The first-order chi connectivity index (χ1) is 16.2. The Morgan fingerprint density at radius 2 is 1.82 bits per heavy atom. The molecule has 1 amide bonds. The zero-order chi connectivity index (χ0) is 24.5. The lowest BCUT2D eigenvalue weighted by Gasteiger charge is -2.29. The summed E-state index contributed by atoms with van der Waals surface area (Å²) in [5, 5.41) is 18.3. The smallest absolute Gasteiger partial charge is 0.311 e. The van der Waals surface area contributed by atoms with Gasteiger partial charge in [-0.15, -0.1) is 0 Å². The van der Waals surface area contributed by atoms with Crippen LogP contribution in [0.25, 0.3) is 11.0 Å². The molecule has 2 aromatic heterocycles. The maximum absolute atomic E-state index is 13.1. The minimum absolute atomic E-state index is 0.0360. The molecule has 0 aliphatic heterocycles. The van der Waals surface area contributed by atoms with E-state index in [1.807, 2.05) is 13.8 Å². The number of carbonyl (C=O) groups is 1. The Kier molecular flexibility index (Phi) is 6.56. The molecule has 2 heterocycles. The Morgan fingerprint density at radius 1 is 1.15 bits per heavy atom. The quantitative estimate of drug-likeness (QED) is 0.385. The number of benzene rings is 1. The van der Waals surface area contributed by atoms with E-state index in [9.17, 15) is 23.3 Å². The van der Waals surface area contributed by atoms with Gasteiger partial charge >= 0.3 is 5.69 Å². The number of nitrogens with zero attached hydrogens (tertiary/aromatic N) is 3. The van der Waals surface area contributed by atoms with Crippen LogP contribution in [0.1, 0.15) is 39.5 Å². The van der Waals surface area contributed by atoms with Crippen molar-refractivity contribution in [3.8, 4) is 0 Å². The van der Waals surface area contributed by atoms with E-state index in [0.29, 0.717) is 31.1 Å². The maximum Gasteiger partial charge on any atom is 0.311 e. The Morgan fingerprint density at radius 3 is 2.44 bits per heavy atom. The van der Waals surface area contributed by atoms with Gasteiger partial charge in [0.15, 0.2) is 5.65 Å². The zero-order valence-electron chi connectivity index (χ0n) is 19.0. The standard InChI is InChI=1S/C23H27N5O5S/c1-15(2)25-23(29)16-8-10-17(11-9-16)26-21-19-12-13-27(22(19)24-14-20(21)28(30)31)34(32,33)18-6-4-3-5-7-18/h3-7,12-17H,8-11H2,1-2H3,(H,24,26)(H,25,29). The van der Waals surface area contributed by atoms with Crippen molar-refractivity contribution in [2.75, 3.05) is 5.32 Å². The molecule has 0 spiro atoms. The van der Waals surface area contributed by atoms with Crippen molar-refractivity contribution in [2.45, 2.75) is 56.5 Å². The lowest BCUT2D eigenvalue weighted by Crippen LogP contribution is -2.38. The fourth-order valence-electron chi connectivity index (χ4n) is 4.35. The predicted molar refractivity (Wildman–Crippen MR) is 128 cm³/mol. The summed E-state index contributed by atoms with van der Waals surface area (Å²) in [4.78, 5) is 27.7. The number of nitrogens with one attached hydrogen (secondary N) is 2. The van der Waals surface area contributed by atoms with Crippen molar-refractivity contribution in [1.82, 2.24) is 14.3 Å². The number of fused-ring (bicyclic) bond motifs is 1. The molecule has 1 fully saturated rings. The molecule has 0 unspecified atom stereocenters. The van der Waals surface area contributed by atoms with Gasteiger partial charge in [0, 0.05) is 24.2 Å². The van der Waals surface area contributed by atoms with E-state index in [4.69, 9.17) is 0 Å². The van der Waals surface area contributed by atoms with Crippen LogP contribution in [0.15, 0.2) is 53.7 Å². The number of amides is 1. The molecule has 3 aromatic rings. The van der Waals surface area contributed by atoms with Crippen LogP contribution >= 0.6 is 0 Å². The van der Waals surface area contributed by atoms with Crippen LogP contribution in [0.3, 0.4) is 0 Å². The molecule has 1 saturated carbocycles. The van der Waals surface area contributed by atoms with E-state index < -0.39 is 14.9 Å². The highest BCUT2D eigenvalue weighted by atomic mass is 32.2. The van der Waals surface area contributed by atoms with Gasteiger partial charge in [0.1, 0.15) is 11.9 Å². The second-order valence-corrected chi connectivity index (χ2v) is 10.6. The molecule has 34 heavy (non-hydrogen) atoms. The highest BCUT2D eigenvalue weighted by molar-refractivity contribution is 7.90. The molecule has 1 aromatic carbocycles. The molecule has 1 aliphatic carbocycles. The molecule has 0 bridgehead atoms. The van der Waals surface area contributed by atoms with Crippen molar-refractivity contribution < 1.29 is 18.1 Å². The summed E-state index contributed by atoms with van der Waals surface area (Å²) in [5.74, 6) is -0.0427. The Labute approximate surface area is 197 Å². The van der Waals surface area contributed by atoms with E-state index in [1.54, 1.807) is 18.2 Å². The Bertz CT molecular complexity index is 1310. The van der Waals surface area contributed by atoms with Gasteiger partial charge in [0.25, 0.3) is 10.0 Å². The number of anilines is 1. The average molecular weight is 486 g/mol. The maximum atomic E-state index is 13.1. The second kappa shape index (κ2) is 9.41. The van der Waals surface area contributed by atoms with Crippen LogP contribution in [0.4, 0.5) is 11.4 Å². The normalized spacial score (nSPS) is 18.7. The van der Waals surface area contributed by atoms with E-state index in [2.05, 4.69) is 15.6 Å². The number of aromatic nitrogens is 2. The van der Waals surface area contributed by atoms with E-state index in [0.717, 1.165) is 10.2 Å². The molecule has 10 nitrogen and oxygen atoms in total. The molecule has 0 atom stereocenters. The monoisotopic (exact) mass is 485 g/mol. The zero-order valence-corrected chi connectivity index (χ0v) is 19.8. The van der Waals surface area contributed by atoms with Gasteiger partial charge in [-0.2, -0.15) is 0 Å². The number of pyridine rings is 1. The van der Waals surface area contributed by atoms with Crippen LogP contribution in [0.5, 0.6) is 0 Å². The van der Waals surface area contributed by atoms with Crippen LogP contribution in [-0.2, 0) is 14.8 Å². The summed E-state index contributed by atoms with van der Waals surface area (Å²) in [7, 11) is -3.92. The SMILES string of the molecule is CC(C)NC(=O)C1CCC(Nc2c([N+](=O)[O-])cnc3c2ccn3S(=O)(=O)c2ccccc2)CC1. The number of carbonyl (C=O) groups excluding carboxylic acids is 1. The van der Waals surface area contributed by atoms with Crippen molar-refractivity contribution in [2.24, 2.45) is 5.92 Å². The van der Waals surface area contributed by atoms with Gasteiger partial charge < -0.3 is 10.6 Å². The highest BCUT2D eigenvalue weighted by Gasteiger charge is 2.30. The first-order valence-electron chi connectivity index (χ1n) is 11.2.